The quantitative estimate of drug-likeness (QED) is 0.349. The third-order valence-electron chi connectivity index (χ3n) is 6.10. The fourth-order valence-electron chi connectivity index (χ4n) is 4.38. The zero-order chi connectivity index (χ0) is 25.1. The Hall–Kier alpha value is -3.72. The molecule has 2 aromatic carbocycles. The molecule has 0 bridgehead atoms. The number of likely N-dealkylation sites (tertiary alicyclic amines) is 1. The molecule has 2 heterocycles. The van der Waals surface area contributed by atoms with Gasteiger partial charge in [0.05, 0.1) is 25.8 Å². The molecule has 0 aliphatic carbocycles. The Kier molecular flexibility index (Phi) is 7.16. The van der Waals surface area contributed by atoms with E-state index in [-0.39, 0.29) is 11.3 Å². The number of benzene rings is 2. The van der Waals surface area contributed by atoms with Crippen molar-refractivity contribution in [3.8, 4) is 23.0 Å². The predicted octanol–water partition coefficient (Wildman–Crippen LogP) is 2.85. The van der Waals surface area contributed by atoms with Crippen molar-refractivity contribution >= 4 is 17.4 Å². The van der Waals surface area contributed by atoms with Crippen LogP contribution < -0.4 is 18.9 Å². The van der Waals surface area contributed by atoms with Crippen LogP contribution in [-0.2, 0) is 9.59 Å². The lowest BCUT2D eigenvalue weighted by atomic mass is 9.94. The van der Waals surface area contributed by atoms with Gasteiger partial charge in [0.15, 0.2) is 11.5 Å². The van der Waals surface area contributed by atoms with Crippen molar-refractivity contribution in [1.29, 1.82) is 0 Å². The van der Waals surface area contributed by atoms with Crippen LogP contribution in [0.4, 0.5) is 0 Å². The zero-order valence-electron chi connectivity index (χ0n) is 20.4. The molecule has 1 fully saturated rings. The third-order valence-corrected chi connectivity index (χ3v) is 6.10. The molecule has 2 aromatic rings. The summed E-state index contributed by atoms with van der Waals surface area (Å²) in [5.74, 6) is 0.363. The number of aliphatic hydroxyl groups excluding tert-OH is 1. The number of aliphatic hydroxyl groups is 1. The molecule has 1 saturated heterocycles. The number of amides is 1. The molecule has 4 rings (SSSR count). The SMILES string of the molecule is COc1ccc([C@@H]2/C(=C(/O)c3ccc4c(c3)OCCO4)C(=O)C(=O)N2CCCN(C)C)c(OC)c1. The summed E-state index contributed by atoms with van der Waals surface area (Å²) in [6, 6.07) is 9.30. The van der Waals surface area contributed by atoms with Crippen molar-refractivity contribution in [2.75, 3.05) is 54.6 Å². The minimum Gasteiger partial charge on any atom is -0.507 e. The van der Waals surface area contributed by atoms with Crippen molar-refractivity contribution in [3.05, 3.63) is 53.1 Å². The number of hydrogen-bond acceptors (Lipinski definition) is 8. The second kappa shape index (κ2) is 10.3. The largest absolute Gasteiger partial charge is 0.507 e. The van der Waals surface area contributed by atoms with Gasteiger partial charge < -0.3 is 33.9 Å². The summed E-state index contributed by atoms with van der Waals surface area (Å²) in [7, 11) is 6.95. The molecule has 9 heteroatoms. The van der Waals surface area contributed by atoms with E-state index in [9.17, 15) is 14.7 Å². The van der Waals surface area contributed by atoms with Gasteiger partial charge in [0.25, 0.3) is 11.7 Å². The van der Waals surface area contributed by atoms with Gasteiger partial charge in [0, 0.05) is 23.7 Å². The standard InChI is InChI=1S/C26H30N2O7/c1-27(2)10-5-11-28-23(18-8-7-17(32-3)15-20(18)33-4)22(25(30)26(28)31)24(29)16-6-9-19-21(14-16)35-13-12-34-19/h6-9,14-15,23,29H,5,10-13H2,1-4H3/b24-22-/t23-/m1/s1. The van der Waals surface area contributed by atoms with E-state index in [4.69, 9.17) is 18.9 Å². The summed E-state index contributed by atoms with van der Waals surface area (Å²) in [5.41, 5.74) is 0.939. The molecule has 1 N–H and O–H groups in total. The minimum atomic E-state index is -0.828. The molecule has 9 nitrogen and oxygen atoms in total. The predicted molar refractivity (Wildman–Crippen MR) is 129 cm³/mol. The molecular weight excluding hydrogens is 452 g/mol. The number of nitrogens with zero attached hydrogens (tertiary/aromatic N) is 2. The molecule has 0 saturated carbocycles. The van der Waals surface area contributed by atoms with Crippen molar-refractivity contribution in [1.82, 2.24) is 9.80 Å². The van der Waals surface area contributed by atoms with Gasteiger partial charge in [-0.2, -0.15) is 0 Å². The van der Waals surface area contributed by atoms with Crippen LogP contribution in [0.2, 0.25) is 0 Å². The van der Waals surface area contributed by atoms with Crippen molar-refractivity contribution in [2.24, 2.45) is 0 Å². The first kappa shape index (κ1) is 24.4. The van der Waals surface area contributed by atoms with Crippen molar-refractivity contribution < 1.29 is 33.6 Å². The number of carbonyl (C=O) groups excluding carboxylic acids is 2. The Morgan fingerprint density at radius 3 is 2.49 bits per heavy atom. The van der Waals surface area contributed by atoms with E-state index in [0.717, 1.165) is 6.54 Å². The van der Waals surface area contributed by atoms with Gasteiger partial charge in [-0.3, -0.25) is 9.59 Å². The van der Waals surface area contributed by atoms with E-state index in [1.54, 1.807) is 43.5 Å². The lowest BCUT2D eigenvalue weighted by molar-refractivity contribution is -0.140. The van der Waals surface area contributed by atoms with Gasteiger partial charge >= 0.3 is 0 Å². The molecule has 0 radical (unpaired) electrons. The second-order valence-electron chi connectivity index (χ2n) is 8.62. The smallest absolute Gasteiger partial charge is 0.295 e. The van der Waals surface area contributed by atoms with Gasteiger partial charge in [-0.1, -0.05) is 0 Å². The van der Waals surface area contributed by atoms with Crippen LogP contribution in [0.15, 0.2) is 42.0 Å². The Balaban J connectivity index is 1.84. The van der Waals surface area contributed by atoms with Crippen LogP contribution in [0.25, 0.3) is 5.76 Å². The first-order valence-corrected chi connectivity index (χ1v) is 11.4. The van der Waals surface area contributed by atoms with E-state index >= 15 is 0 Å². The van der Waals surface area contributed by atoms with Crippen molar-refractivity contribution in [3.63, 3.8) is 0 Å². The van der Waals surface area contributed by atoms with E-state index in [2.05, 4.69) is 0 Å². The van der Waals surface area contributed by atoms with E-state index in [0.29, 0.717) is 60.3 Å². The highest BCUT2D eigenvalue weighted by molar-refractivity contribution is 6.46. The number of hydrogen-bond donors (Lipinski definition) is 1. The Morgan fingerprint density at radius 1 is 1.06 bits per heavy atom. The van der Waals surface area contributed by atoms with Crippen LogP contribution >= 0.6 is 0 Å². The van der Waals surface area contributed by atoms with Crippen LogP contribution in [0.3, 0.4) is 0 Å². The lowest BCUT2D eigenvalue weighted by Gasteiger charge is -2.27. The van der Waals surface area contributed by atoms with E-state index in [1.165, 1.54) is 12.0 Å². The normalized spacial score (nSPS) is 18.8. The maximum absolute atomic E-state index is 13.3. The summed E-state index contributed by atoms with van der Waals surface area (Å²) in [6.07, 6.45) is 0.652. The fourth-order valence-corrected chi connectivity index (χ4v) is 4.38. The van der Waals surface area contributed by atoms with Gasteiger partial charge in [-0.25, -0.2) is 0 Å². The number of methoxy groups -OCH3 is 2. The number of ketones is 1. The van der Waals surface area contributed by atoms with Gasteiger partial charge in [0.2, 0.25) is 0 Å². The minimum absolute atomic E-state index is 0.00000213. The third kappa shape index (κ3) is 4.77. The number of carbonyl (C=O) groups is 2. The first-order chi connectivity index (χ1) is 16.8. The monoisotopic (exact) mass is 482 g/mol. The molecule has 0 unspecified atom stereocenters. The van der Waals surface area contributed by atoms with Crippen LogP contribution in [0, 0.1) is 0 Å². The molecule has 1 amide bonds. The Morgan fingerprint density at radius 2 is 1.80 bits per heavy atom. The van der Waals surface area contributed by atoms with E-state index < -0.39 is 17.7 Å². The highest BCUT2D eigenvalue weighted by Crippen LogP contribution is 2.44. The van der Waals surface area contributed by atoms with Crippen LogP contribution in [0.1, 0.15) is 23.6 Å². The Bertz CT molecular complexity index is 1160. The molecule has 35 heavy (non-hydrogen) atoms. The average molecular weight is 483 g/mol. The highest BCUT2D eigenvalue weighted by atomic mass is 16.6. The summed E-state index contributed by atoms with van der Waals surface area (Å²) in [6.45, 7) is 1.89. The summed E-state index contributed by atoms with van der Waals surface area (Å²) < 4.78 is 22.1. The van der Waals surface area contributed by atoms with Crippen LogP contribution in [-0.4, -0.2) is 81.2 Å². The topological polar surface area (TPSA) is 97.8 Å². The average Bonchev–Trinajstić information content (AvgIpc) is 3.12. The van der Waals surface area contributed by atoms with Gasteiger partial charge in [-0.15, -0.1) is 0 Å². The first-order valence-electron chi connectivity index (χ1n) is 11.4. The number of rotatable bonds is 8. The van der Waals surface area contributed by atoms with Gasteiger partial charge in [-0.05, 0) is 57.4 Å². The molecule has 2 aliphatic heterocycles. The summed E-state index contributed by atoms with van der Waals surface area (Å²) >= 11 is 0. The fraction of sp³-hybridized carbons (Fsp3) is 0.385. The van der Waals surface area contributed by atoms with E-state index in [1.807, 2.05) is 19.0 Å². The molecule has 1 atom stereocenters. The highest BCUT2D eigenvalue weighted by Gasteiger charge is 2.47. The van der Waals surface area contributed by atoms with Gasteiger partial charge in [0.1, 0.15) is 30.5 Å². The molecule has 186 valence electrons. The maximum atomic E-state index is 13.3. The lowest BCUT2D eigenvalue weighted by Crippen LogP contribution is -2.32. The number of ether oxygens (including phenoxy) is 4. The molecule has 0 aromatic heterocycles. The number of fused-ring (bicyclic) bond motifs is 1. The summed E-state index contributed by atoms with van der Waals surface area (Å²) in [5, 5.41) is 11.3. The maximum Gasteiger partial charge on any atom is 0.295 e. The zero-order valence-corrected chi connectivity index (χ0v) is 20.4. The molecular formula is C26H30N2O7. The Labute approximate surface area is 204 Å². The second-order valence-corrected chi connectivity index (χ2v) is 8.62. The molecule has 0 spiro atoms. The molecule has 2 aliphatic rings. The van der Waals surface area contributed by atoms with Crippen molar-refractivity contribution in [2.45, 2.75) is 12.5 Å². The number of Topliss-reactive ketones (excluding diaryl/α,β-unsaturated/α-hetero) is 1. The summed E-state index contributed by atoms with van der Waals surface area (Å²) in [4.78, 5) is 30.0. The van der Waals surface area contributed by atoms with Crippen LogP contribution in [0.5, 0.6) is 23.0 Å².